The van der Waals surface area contributed by atoms with Gasteiger partial charge in [0.15, 0.2) is 0 Å². The predicted molar refractivity (Wildman–Crippen MR) is 77.5 cm³/mol. The van der Waals surface area contributed by atoms with Crippen LogP contribution in [0.2, 0.25) is 0 Å². The summed E-state index contributed by atoms with van der Waals surface area (Å²) in [6.07, 6.45) is 4.18. The molecule has 5 nitrogen and oxygen atoms in total. The van der Waals surface area contributed by atoms with Gasteiger partial charge in [0.05, 0.1) is 17.4 Å². The second-order valence-electron chi connectivity index (χ2n) is 5.43. The maximum absolute atomic E-state index is 12.0. The molecule has 1 amide bonds. The Balaban J connectivity index is 2.00. The van der Waals surface area contributed by atoms with E-state index in [4.69, 9.17) is 0 Å². The van der Waals surface area contributed by atoms with Gasteiger partial charge in [-0.25, -0.2) is 4.98 Å². The van der Waals surface area contributed by atoms with Gasteiger partial charge in [-0.2, -0.15) is 0 Å². The number of carbonyl (C=O) groups is 1. The van der Waals surface area contributed by atoms with Gasteiger partial charge >= 0.3 is 0 Å². The van der Waals surface area contributed by atoms with Crippen molar-refractivity contribution < 1.29 is 4.79 Å². The van der Waals surface area contributed by atoms with Gasteiger partial charge in [0.25, 0.3) is 0 Å². The molecule has 19 heavy (non-hydrogen) atoms. The van der Waals surface area contributed by atoms with Crippen LogP contribution >= 0.6 is 0 Å². The van der Waals surface area contributed by atoms with Gasteiger partial charge in [-0.1, -0.05) is 0 Å². The number of rotatable bonds is 4. The van der Waals surface area contributed by atoms with Crippen molar-refractivity contribution >= 4 is 17.4 Å². The highest BCUT2D eigenvalue weighted by Crippen LogP contribution is 2.19. The summed E-state index contributed by atoms with van der Waals surface area (Å²) in [4.78, 5) is 18.7. The molecule has 1 aromatic rings. The molecule has 1 aliphatic rings. The number of pyridine rings is 1. The third-order valence-corrected chi connectivity index (χ3v) is 3.63. The van der Waals surface area contributed by atoms with Gasteiger partial charge in [-0.3, -0.25) is 4.79 Å². The number of nitrogens with zero attached hydrogens (tertiary/aromatic N) is 2. The Hall–Kier alpha value is -1.62. The lowest BCUT2D eigenvalue weighted by Crippen LogP contribution is -2.47. The fourth-order valence-electron chi connectivity index (χ4n) is 1.99. The van der Waals surface area contributed by atoms with E-state index < -0.39 is 5.54 Å². The van der Waals surface area contributed by atoms with Crippen molar-refractivity contribution in [2.45, 2.75) is 32.2 Å². The molecule has 2 N–H and O–H groups in total. The van der Waals surface area contributed by atoms with Crippen LogP contribution in [0.5, 0.6) is 0 Å². The van der Waals surface area contributed by atoms with Crippen molar-refractivity contribution in [3.05, 3.63) is 18.3 Å². The van der Waals surface area contributed by atoms with Gasteiger partial charge in [0, 0.05) is 13.1 Å². The summed E-state index contributed by atoms with van der Waals surface area (Å²) in [5.74, 6) is 0.925. The second-order valence-corrected chi connectivity index (χ2v) is 5.43. The molecule has 2 rings (SSSR count). The Morgan fingerprint density at radius 1 is 1.32 bits per heavy atom. The van der Waals surface area contributed by atoms with Crippen LogP contribution in [0, 0.1) is 0 Å². The third-order valence-electron chi connectivity index (χ3n) is 3.63. The van der Waals surface area contributed by atoms with Crippen LogP contribution < -0.4 is 15.5 Å². The molecule has 0 spiro atoms. The molecule has 0 radical (unpaired) electrons. The first-order chi connectivity index (χ1) is 9.03. The van der Waals surface area contributed by atoms with Crippen molar-refractivity contribution in [2.75, 3.05) is 30.4 Å². The molecule has 0 aliphatic carbocycles. The van der Waals surface area contributed by atoms with Crippen molar-refractivity contribution in [3.8, 4) is 0 Å². The number of amides is 1. The minimum Gasteiger partial charge on any atom is -0.357 e. The molecule has 2 heterocycles. The summed E-state index contributed by atoms with van der Waals surface area (Å²) in [5, 5.41) is 5.85. The van der Waals surface area contributed by atoms with Crippen LogP contribution in [0.1, 0.15) is 26.7 Å². The van der Waals surface area contributed by atoms with Crippen LogP contribution in [-0.2, 0) is 4.79 Å². The second kappa shape index (κ2) is 5.57. The average Bonchev–Trinajstić information content (AvgIpc) is 2.93. The Bertz CT molecular complexity index is 435. The van der Waals surface area contributed by atoms with Crippen LogP contribution in [0.3, 0.4) is 0 Å². The zero-order valence-electron chi connectivity index (χ0n) is 11.9. The largest absolute Gasteiger partial charge is 0.357 e. The topological polar surface area (TPSA) is 57.3 Å². The van der Waals surface area contributed by atoms with E-state index in [1.54, 1.807) is 13.2 Å². The molecule has 0 atom stereocenters. The van der Waals surface area contributed by atoms with Gasteiger partial charge < -0.3 is 15.5 Å². The highest BCUT2D eigenvalue weighted by Gasteiger charge is 2.25. The highest BCUT2D eigenvalue weighted by atomic mass is 16.2. The van der Waals surface area contributed by atoms with Gasteiger partial charge in [-0.05, 0) is 45.9 Å². The SMILES string of the molecule is CNC(C)(C)C(=O)Nc1ccc(N2CCCC2)nc1. The zero-order chi connectivity index (χ0) is 13.9. The number of nitrogens with one attached hydrogen (secondary N) is 2. The average molecular weight is 262 g/mol. The molecule has 1 aromatic heterocycles. The number of aromatic nitrogens is 1. The smallest absolute Gasteiger partial charge is 0.244 e. The van der Waals surface area contributed by atoms with Crippen LogP contribution in [0.25, 0.3) is 0 Å². The van der Waals surface area contributed by atoms with Gasteiger partial charge in [-0.15, -0.1) is 0 Å². The Labute approximate surface area is 114 Å². The number of likely N-dealkylation sites (N-methyl/N-ethyl adjacent to an activating group) is 1. The molecule has 1 fully saturated rings. The summed E-state index contributed by atoms with van der Waals surface area (Å²) in [7, 11) is 1.77. The number of carbonyl (C=O) groups excluding carboxylic acids is 1. The molecule has 0 saturated carbocycles. The first kappa shape index (κ1) is 13.8. The summed E-state index contributed by atoms with van der Waals surface area (Å²) in [5.41, 5.74) is 0.143. The lowest BCUT2D eigenvalue weighted by molar-refractivity contribution is -0.121. The molecule has 0 bridgehead atoms. The van der Waals surface area contributed by atoms with Crippen molar-refractivity contribution in [1.29, 1.82) is 0 Å². The Morgan fingerprint density at radius 2 is 2.00 bits per heavy atom. The number of hydrogen-bond donors (Lipinski definition) is 2. The van der Waals surface area contributed by atoms with E-state index in [1.165, 1.54) is 12.8 Å². The summed E-state index contributed by atoms with van der Waals surface area (Å²) in [6, 6.07) is 3.87. The van der Waals surface area contributed by atoms with E-state index in [0.717, 1.165) is 24.6 Å². The fourth-order valence-corrected chi connectivity index (χ4v) is 1.99. The van der Waals surface area contributed by atoms with Gasteiger partial charge in [0.2, 0.25) is 5.91 Å². The molecule has 1 saturated heterocycles. The lowest BCUT2D eigenvalue weighted by atomic mass is 10.1. The van der Waals surface area contributed by atoms with Crippen molar-refractivity contribution in [2.24, 2.45) is 0 Å². The molecule has 1 aliphatic heterocycles. The summed E-state index contributed by atoms with van der Waals surface area (Å²) < 4.78 is 0. The van der Waals surface area contributed by atoms with E-state index in [-0.39, 0.29) is 5.91 Å². The predicted octanol–water partition coefficient (Wildman–Crippen LogP) is 1.62. The van der Waals surface area contributed by atoms with E-state index in [0.29, 0.717) is 0 Å². The van der Waals surface area contributed by atoms with E-state index in [2.05, 4.69) is 20.5 Å². The quantitative estimate of drug-likeness (QED) is 0.865. The van der Waals surface area contributed by atoms with E-state index in [9.17, 15) is 4.79 Å². The first-order valence-electron chi connectivity index (χ1n) is 6.74. The standard InChI is InChI=1S/C14H22N4O/c1-14(2,15-3)13(19)17-11-6-7-12(16-10-11)18-8-4-5-9-18/h6-7,10,15H,4-5,8-9H2,1-3H3,(H,17,19). The Kier molecular flexibility index (Phi) is 4.04. The van der Waals surface area contributed by atoms with Crippen molar-refractivity contribution in [3.63, 3.8) is 0 Å². The zero-order valence-corrected chi connectivity index (χ0v) is 11.9. The number of hydrogen-bond acceptors (Lipinski definition) is 4. The molecule has 0 aromatic carbocycles. The minimum absolute atomic E-state index is 0.0641. The lowest BCUT2D eigenvalue weighted by Gasteiger charge is -2.23. The van der Waals surface area contributed by atoms with Crippen LogP contribution in [0.15, 0.2) is 18.3 Å². The Morgan fingerprint density at radius 3 is 2.53 bits per heavy atom. The molecule has 104 valence electrons. The molecular weight excluding hydrogens is 240 g/mol. The molecule has 0 unspecified atom stereocenters. The normalized spacial score (nSPS) is 15.6. The fraction of sp³-hybridized carbons (Fsp3) is 0.571. The van der Waals surface area contributed by atoms with Crippen LogP contribution in [0.4, 0.5) is 11.5 Å². The first-order valence-corrected chi connectivity index (χ1v) is 6.74. The van der Waals surface area contributed by atoms with Crippen molar-refractivity contribution in [1.82, 2.24) is 10.3 Å². The summed E-state index contributed by atoms with van der Waals surface area (Å²) in [6.45, 7) is 5.83. The maximum Gasteiger partial charge on any atom is 0.244 e. The van der Waals surface area contributed by atoms with Crippen LogP contribution in [-0.4, -0.2) is 36.6 Å². The minimum atomic E-state index is -0.590. The van der Waals surface area contributed by atoms with E-state index in [1.807, 2.05) is 26.0 Å². The number of anilines is 2. The maximum atomic E-state index is 12.0. The monoisotopic (exact) mass is 262 g/mol. The molecule has 5 heteroatoms. The summed E-state index contributed by atoms with van der Waals surface area (Å²) >= 11 is 0. The van der Waals surface area contributed by atoms with E-state index >= 15 is 0 Å². The highest BCUT2D eigenvalue weighted by molar-refractivity contribution is 5.97. The van der Waals surface area contributed by atoms with Gasteiger partial charge in [0.1, 0.15) is 5.82 Å². The molecular formula is C14H22N4O. The third kappa shape index (κ3) is 3.23.